The minimum absolute atomic E-state index is 0.242. The van der Waals surface area contributed by atoms with E-state index in [2.05, 4.69) is 5.32 Å². The molecular formula is C24H21NO4. The summed E-state index contributed by atoms with van der Waals surface area (Å²) in [7, 11) is 0. The number of hydrogen-bond donors (Lipinski definition) is 1. The first kappa shape index (κ1) is 18.9. The van der Waals surface area contributed by atoms with Crippen molar-refractivity contribution >= 4 is 28.4 Å². The largest absolute Gasteiger partial charge is 0.456 e. The number of carbonyl (C=O) groups excluding carboxylic acids is 3. The van der Waals surface area contributed by atoms with E-state index in [9.17, 15) is 14.4 Å². The third-order valence-corrected chi connectivity index (χ3v) is 5.19. The van der Waals surface area contributed by atoms with Crippen LogP contribution < -0.4 is 5.32 Å². The molecule has 0 radical (unpaired) electrons. The lowest BCUT2D eigenvalue weighted by molar-refractivity contribution is -0.141. The number of hydrogen-bond acceptors (Lipinski definition) is 4. The van der Waals surface area contributed by atoms with E-state index in [0.29, 0.717) is 11.1 Å². The van der Waals surface area contributed by atoms with Crippen LogP contribution in [-0.4, -0.2) is 30.8 Å². The van der Waals surface area contributed by atoms with Gasteiger partial charge in [0.2, 0.25) is 0 Å². The molecule has 4 rings (SSSR count). The Hall–Kier alpha value is -3.47. The van der Waals surface area contributed by atoms with Crippen LogP contribution in [0.2, 0.25) is 0 Å². The second-order valence-electron chi connectivity index (χ2n) is 7.17. The number of fused-ring (bicyclic) bond motifs is 2. The molecule has 5 heteroatoms. The number of ether oxygens (including phenoxy) is 1. The lowest BCUT2D eigenvalue weighted by atomic mass is 10.0. The highest BCUT2D eigenvalue weighted by molar-refractivity contribution is 6.00. The van der Waals surface area contributed by atoms with Crippen molar-refractivity contribution in [1.82, 2.24) is 5.32 Å². The average molecular weight is 387 g/mol. The van der Waals surface area contributed by atoms with Gasteiger partial charge in [-0.2, -0.15) is 0 Å². The molecular weight excluding hydrogens is 366 g/mol. The molecule has 0 aliphatic heterocycles. The van der Waals surface area contributed by atoms with Gasteiger partial charge in [-0.1, -0.05) is 42.5 Å². The third kappa shape index (κ3) is 4.35. The number of Topliss-reactive ketones (excluding diaryl/α,β-unsaturated/α-hetero) is 1. The number of aryl methyl sites for hydroxylation is 2. The number of benzene rings is 3. The molecule has 1 amide bonds. The first-order valence-electron chi connectivity index (χ1n) is 9.68. The van der Waals surface area contributed by atoms with Crippen molar-refractivity contribution in [3.05, 3.63) is 82.9 Å². The van der Waals surface area contributed by atoms with Gasteiger partial charge in [0, 0.05) is 11.1 Å². The fourth-order valence-electron chi connectivity index (χ4n) is 3.61. The summed E-state index contributed by atoms with van der Waals surface area (Å²) in [5.41, 5.74) is 3.50. The van der Waals surface area contributed by atoms with Crippen LogP contribution in [0.25, 0.3) is 10.8 Å². The van der Waals surface area contributed by atoms with Gasteiger partial charge in [0.25, 0.3) is 5.91 Å². The van der Waals surface area contributed by atoms with Gasteiger partial charge in [0.05, 0.1) is 0 Å². The van der Waals surface area contributed by atoms with Gasteiger partial charge in [-0.05, 0) is 59.4 Å². The van der Waals surface area contributed by atoms with Gasteiger partial charge in [-0.25, -0.2) is 0 Å². The van der Waals surface area contributed by atoms with Gasteiger partial charge in [0.15, 0.2) is 12.4 Å². The maximum atomic E-state index is 12.3. The Labute approximate surface area is 168 Å². The predicted octanol–water partition coefficient (Wildman–Crippen LogP) is 3.48. The average Bonchev–Trinajstić information content (AvgIpc) is 3.23. The molecule has 1 N–H and O–H groups in total. The highest BCUT2D eigenvalue weighted by atomic mass is 16.5. The molecule has 0 saturated heterocycles. The Morgan fingerprint density at radius 2 is 1.59 bits per heavy atom. The summed E-state index contributed by atoms with van der Waals surface area (Å²) in [4.78, 5) is 36.5. The number of rotatable bonds is 6. The number of amides is 1. The predicted molar refractivity (Wildman–Crippen MR) is 110 cm³/mol. The summed E-state index contributed by atoms with van der Waals surface area (Å²) >= 11 is 0. The Kier molecular flexibility index (Phi) is 5.38. The van der Waals surface area contributed by atoms with Crippen molar-refractivity contribution in [2.45, 2.75) is 19.3 Å². The van der Waals surface area contributed by atoms with Crippen LogP contribution in [0.4, 0.5) is 0 Å². The zero-order valence-electron chi connectivity index (χ0n) is 15.9. The fraction of sp³-hybridized carbons (Fsp3) is 0.208. The second kappa shape index (κ2) is 8.27. The van der Waals surface area contributed by atoms with Crippen molar-refractivity contribution in [2.24, 2.45) is 0 Å². The first-order valence-corrected chi connectivity index (χ1v) is 9.68. The molecule has 0 bridgehead atoms. The summed E-state index contributed by atoms with van der Waals surface area (Å²) in [6.45, 7) is -0.618. The molecule has 3 aromatic rings. The molecule has 0 fully saturated rings. The minimum Gasteiger partial charge on any atom is -0.456 e. The summed E-state index contributed by atoms with van der Waals surface area (Å²) in [5.74, 6) is -1.25. The third-order valence-electron chi connectivity index (χ3n) is 5.19. The summed E-state index contributed by atoms with van der Waals surface area (Å²) < 4.78 is 5.03. The molecule has 0 unspecified atom stereocenters. The Morgan fingerprint density at radius 1 is 0.828 bits per heavy atom. The highest BCUT2D eigenvalue weighted by Gasteiger charge is 2.16. The minimum atomic E-state index is -0.645. The number of ketones is 1. The fourth-order valence-corrected chi connectivity index (χ4v) is 3.61. The van der Waals surface area contributed by atoms with E-state index < -0.39 is 5.97 Å². The Bertz CT molecular complexity index is 1100. The maximum absolute atomic E-state index is 12.3. The first-order chi connectivity index (χ1) is 14.1. The monoisotopic (exact) mass is 387 g/mol. The van der Waals surface area contributed by atoms with Crippen molar-refractivity contribution in [3.8, 4) is 0 Å². The van der Waals surface area contributed by atoms with Crippen LogP contribution in [0.3, 0.4) is 0 Å². The molecule has 0 heterocycles. The molecule has 5 nitrogen and oxygen atoms in total. The van der Waals surface area contributed by atoms with Crippen LogP contribution in [0.15, 0.2) is 60.7 Å². The van der Waals surface area contributed by atoms with E-state index in [1.807, 2.05) is 42.5 Å². The lowest BCUT2D eigenvalue weighted by Crippen LogP contribution is -2.31. The quantitative estimate of drug-likeness (QED) is 0.519. The van der Waals surface area contributed by atoms with E-state index in [0.717, 1.165) is 30.0 Å². The SMILES string of the molecule is O=C(CNC(=O)c1ccc2ccccc2c1)OCC(=O)c1ccc2c(c1)CCC2. The van der Waals surface area contributed by atoms with E-state index >= 15 is 0 Å². The van der Waals surface area contributed by atoms with Crippen LogP contribution in [0.1, 0.15) is 38.3 Å². The molecule has 0 spiro atoms. The van der Waals surface area contributed by atoms with Gasteiger partial charge in [-0.3, -0.25) is 14.4 Å². The normalized spacial score (nSPS) is 12.4. The van der Waals surface area contributed by atoms with E-state index in [4.69, 9.17) is 4.74 Å². The van der Waals surface area contributed by atoms with Crippen molar-refractivity contribution < 1.29 is 19.1 Å². The molecule has 0 aromatic heterocycles. The van der Waals surface area contributed by atoms with Crippen LogP contribution >= 0.6 is 0 Å². The molecule has 1 aliphatic carbocycles. The molecule has 1 aliphatic rings. The molecule has 3 aromatic carbocycles. The van der Waals surface area contributed by atoms with Crippen LogP contribution in [0.5, 0.6) is 0 Å². The summed E-state index contributed by atoms with van der Waals surface area (Å²) in [5, 5.41) is 4.52. The highest BCUT2D eigenvalue weighted by Crippen LogP contribution is 2.23. The number of carbonyl (C=O) groups is 3. The molecule has 29 heavy (non-hydrogen) atoms. The van der Waals surface area contributed by atoms with Gasteiger partial charge < -0.3 is 10.1 Å². The van der Waals surface area contributed by atoms with Crippen molar-refractivity contribution in [3.63, 3.8) is 0 Å². The van der Waals surface area contributed by atoms with Crippen molar-refractivity contribution in [1.29, 1.82) is 0 Å². The summed E-state index contributed by atoms with van der Waals surface area (Å²) in [6, 6.07) is 18.7. The smallest absolute Gasteiger partial charge is 0.325 e. The Morgan fingerprint density at radius 3 is 2.45 bits per heavy atom. The van der Waals surface area contributed by atoms with Crippen LogP contribution in [0, 0.1) is 0 Å². The second-order valence-corrected chi connectivity index (χ2v) is 7.17. The van der Waals surface area contributed by atoms with Crippen LogP contribution in [-0.2, 0) is 22.4 Å². The zero-order chi connectivity index (χ0) is 20.2. The standard InChI is InChI=1S/C24H21NO4/c26-22(20-10-8-17-6-3-7-19(17)12-20)15-29-23(27)14-25-24(28)21-11-9-16-4-1-2-5-18(16)13-21/h1-2,4-5,8-13H,3,6-7,14-15H2,(H,25,28). The topological polar surface area (TPSA) is 72.5 Å². The zero-order valence-corrected chi connectivity index (χ0v) is 15.9. The maximum Gasteiger partial charge on any atom is 0.325 e. The molecule has 146 valence electrons. The van der Waals surface area contributed by atoms with E-state index in [1.165, 1.54) is 11.1 Å². The van der Waals surface area contributed by atoms with Gasteiger partial charge >= 0.3 is 5.97 Å². The number of nitrogens with one attached hydrogen (secondary N) is 1. The number of esters is 1. The Balaban J connectivity index is 1.28. The van der Waals surface area contributed by atoms with E-state index in [-0.39, 0.29) is 24.8 Å². The summed E-state index contributed by atoms with van der Waals surface area (Å²) in [6.07, 6.45) is 3.14. The molecule has 0 saturated carbocycles. The van der Waals surface area contributed by atoms with E-state index in [1.54, 1.807) is 18.2 Å². The lowest BCUT2D eigenvalue weighted by Gasteiger charge is -2.08. The molecule has 0 atom stereocenters. The van der Waals surface area contributed by atoms with Gasteiger partial charge in [0.1, 0.15) is 6.54 Å². The van der Waals surface area contributed by atoms with Crippen molar-refractivity contribution in [2.75, 3.05) is 13.2 Å². The van der Waals surface area contributed by atoms with Gasteiger partial charge in [-0.15, -0.1) is 0 Å².